The van der Waals surface area contributed by atoms with Crippen LogP contribution in [0.5, 0.6) is 5.75 Å². The van der Waals surface area contributed by atoms with Crippen molar-refractivity contribution in [3.63, 3.8) is 0 Å². The lowest BCUT2D eigenvalue weighted by atomic mass is 9.86. The molecule has 0 aliphatic carbocycles. The van der Waals surface area contributed by atoms with E-state index in [0.29, 0.717) is 11.6 Å². The van der Waals surface area contributed by atoms with E-state index in [1.165, 1.54) is 0 Å². The second kappa shape index (κ2) is 6.47. The summed E-state index contributed by atoms with van der Waals surface area (Å²) in [5.74, 6) is 0.172. The van der Waals surface area contributed by atoms with Gasteiger partial charge in [-0.15, -0.1) is 0 Å². The maximum atomic E-state index is 10.1. The van der Waals surface area contributed by atoms with Crippen molar-refractivity contribution in [2.24, 2.45) is 0 Å². The van der Waals surface area contributed by atoms with Crippen LogP contribution in [0.1, 0.15) is 31.9 Å². The largest absolute Gasteiger partial charge is 1.00 e. The van der Waals surface area contributed by atoms with Crippen LogP contribution in [0.25, 0.3) is 0 Å². The van der Waals surface area contributed by atoms with Crippen LogP contribution in [0.4, 0.5) is 0 Å². The summed E-state index contributed by atoms with van der Waals surface area (Å²) in [6.07, 6.45) is 3.94. The molecule has 1 aromatic heterocycles. The fraction of sp³-hybridized carbons (Fsp3) is 0.312. The summed E-state index contributed by atoms with van der Waals surface area (Å²) in [6, 6.07) is 9.77. The third-order valence-electron chi connectivity index (χ3n) is 3.14. The number of nitrogens with zero attached hydrogens (tertiary/aromatic N) is 1. The van der Waals surface area contributed by atoms with Crippen molar-refractivity contribution in [2.45, 2.75) is 32.7 Å². The van der Waals surface area contributed by atoms with Crippen LogP contribution in [0.2, 0.25) is 5.02 Å². The average molecular weight is 312 g/mol. The number of hydrogen-bond acceptors (Lipinski definition) is 1. The van der Waals surface area contributed by atoms with Crippen molar-refractivity contribution in [2.75, 3.05) is 0 Å². The van der Waals surface area contributed by atoms with E-state index in [9.17, 15) is 5.11 Å². The van der Waals surface area contributed by atoms with Crippen molar-refractivity contribution in [1.82, 2.24) is 0 Å². The van der Waals surface area contributed by atoms with E-state index in [4.69, 9.17) is 11.6 Å². The third kappa shape index (κ3) is 3.87. The first kappa shape index (κ1) is 16.8. The molecule has 4 heteroatoms. The Morgan fingerprint density at radius 2 is 1.70 bits per heavy atom. The first-order valence-electron chi connectivity index (χ1n) is 6.34. The van der Waals surface area contributed by atoms with Crippen molar-refractivity contribution in [3.8, 4) is 5.75 Å². The highest BCUT2D eigenvalue weighted by atomic mass is 35.5. The van der Waals surface area contributed by atoms with Crippen LogP contribution >= 0.6 is 11.6 Å². The standard InChI is InChI=1S/C16H18ClNO.ClH/c1-16(2,3)13-9-12(15(19)14(17)10-13)11-18-7-5-4-6-8-18;/h4-10H,11H2,1-3H3;1H. The van der Waals surface area contributed by atoms with Crippen LogP contribution in [0.3, 0.4) is 0 Å². The summed E-state index contributed by atoms with van der Waals surface area (Å²) in [6.45, 7) is 7.01. The van der Waals surface area contributed by atoms with Gasteiger partial charge in [0.15, 0.2) is 18.9 Å². The summed E-state index contributed by atoms with van der Waals surface area (Å²) in [5, 5.41) is 10.5. The first-order chi connectivity index (χ1) is 8.88. The van der Waals surface area contributed by atoms with Gasteiger partial charge in [0, 0.05) is 12.1 Å². The van der Waals surface area contributed by atoms with E-state index in [1.807, 2.05) is 47.3 Å². The Bertz CT molecular complexity index is 577. The summed E-state index contributed by atoms with van der Waals surface area (Å²) in [5.41, 5.74) is 1.98. The number of hydrogen-bond donors (Lipinski definition) is 1. The van der Waals surface area contributed by atoms with Crippen molar-refractivity contribution in [1.29, 1.82) is 0 Å². The molecule has 0 saturated heterocycles. The van der Waals surface area contributed by atoms with Gasteiger partial charge in [0.25, 0.3) is 0 Å². The zero-order valence-electron chi connectivity index (χ0n) is 11.9. The van der Waals surface area contributed by atoms with E-state index in [-0.39, 0.29) is 23.6 Å². The van der Waals surface area contributed by atoms with E-state index in [1.54, 1.807) is 0 Å². The van der Waals surface area contributed by atoms with Crippen LogP contribution in [-0.4, -0.2) is 5.11 Å². The smallest absolute Gasteiger partial charge is 0.177 e. The molecular formula is C16H19Cl2NO. The van der Waals surface area contributed by atoms with E-state index in [2.05, 4.69) is 20.8 Å². The van der Waals surface area contributed by atoms with Crippen LogP contribution in [0, 0.1) is 0 Å². The molecule has 2 aromatic rings. The lowest BCUT2D eigenvalue weighted by Gasteiger charge is -2.20. The molecule has 1 aromatic carbocycles. The Kier molecular flexibility index (Phi) is 5.43. The highest BCUT2D eigenvalue weighted by molar-refractivity contribution is 6.32. The van der Waals surface area contributed by atoms with Gasteiger partial charge in [-0.2, -0.15) is 0 Å². The molecule has 0 aliphatic rings. The summed E-state index contributed by atoms with van der Waals surface area (Å²) < 4.78 is 2.01. The molecule has 0 radical (unpaired) electrons. The topological polar surface area (TPSA) is 24.1 Å². The molecule has 0 aliphatic heterocycles. The SMILES string of the molecule is CC(C)(C)c1cc(Cl)c(O)c(C[n+]2ccccc2)c1.[Cl-]. The van der Waals surface area contributed by atoms with E-state index in [0.717, 1.165) is 11.1 Å². The number of aromatic nitrogens is 1. The second-order valence-corrected chi connectivity index (χ2v) is 6.17. The molecule has 2 nitrogen and oxygen atoms in total. The normalized spacial score (nSPS) is 11.0. The number of pyridine rings is 1. The average Bonchev–Trinajstić information content (AvgIpc) is 2.34. The van der Waals surface area contributed by atoms with Gasteiger partial charge in [0.2, 0.25) is 0 Å². The fourth-order valence-corrected chi connectivity index (χ4v) is 2.18. The molecule has 0 saturated carbocycles. The monoisotopic (exact) mass is 311 g/mol. The molecule has 108 valence electrons. The van der Waals surface area contributed by atoms with E-state index >= 15 is 0 Å². The summed E-state index contributed by atoms with van der Waals surface area (Å²) in [7, 11) is 0. The highest BCUT2D eigenvalue weighted by Crippen LogP contribution is 2.33. The van der Waals surface area contributed by atoms with Gasteiger partial charge in [0.1, 0.15) is 5.75 Å². The van der Waals surface area contributed by atoms with Crippen LogP contribution in [0.15, 0.2) is 42.7 Å². The number of aromatic hydroxyl groups is 1. The molecule has 1 heterocycles. The fourth-order valence-electron chi connectivity index (χ4n) is 1.95. The highest BCUT2D eigenvalue weighted by Gasteiger charge is 2.19. The molecule has 2 rings (SSSR count). The summed E-state index contributed by atoms with van der Waals surface area (Å²) in [4.78, 5) is 0. The predicted octanol–water partition coefficient (Wildman–Crippen LogP) is 0.683. The molecule has 20 heavy (non-hydrogen) atoms. The molecule has 0 spiro atoms. The number of benzene rings is 1. The number of phenolic OH excluding ortho intramolecular Hbond substituents is 1. The van der Waals surface area contributed by atoms with Crippen LogP contribution in [-0.2, 0) is 12.0 Å². The van der Waals surface area contributed by atoms with Gasteiger partial charge >= 0.3 is 0 Å². The van der Waals surface area contributed by atoms with Gasteiger partial charge in [0.05, 0.1) is 10.6 Å². The minimum absolute atomic E-state index is 0. The summed E-state index contributed by atoms with van der Waals surface area (Å²) >= 11 is 6.13. The molecule has 0 bridgehead atoms. The van der Waals surface area contributed by atoms with Crippen LogP contribution < -0.4 is 17.0 Å². The Morgan fingerprint density at radius 1 is 1.10 bits per heavy atom. The van der Waals surface area contributed by atoms with Gasteiger partial charge in [-0.1, -0.05) is 38.4 Å². The zero-order chi connectivity index (χ0) is 14.0. The lowest BCUT2D eigenvalue weighted by Crippen LogP contribution is -3.00. The Balaban J connectivity index is 0.00000200. The molecule has 1 N–H and O–H groups in total. The maximum absolute atomic E-state index is 10.1. The quantitative estimate of drug-likeness (QED) is 0.811. The Morgan fingerprint density at radius 3 is 2.25 bits per heavy atom. The number of phenols is 1. The minimum atomic E-state index is 0. The molecule has 0 atom stereocenters. The van der Waals surface area contributed by atoms with Gasteiger partial charge in [-0.25, -0.2) is 4.57 Å². The maximum Gasteiger partial charge on any atom is 0.177 e. The van der Waals surface area contributed by atoms with Crippen molar-refractivity contribution in [3.05, 3.63) is 58.9 Å². The lowest BCUT2D eigenvalue weighted by molar-refractivity contribution is -0.688. The van der Waals surface area contributed by atoms with Gasteiger partial charge < -0.3 is 17.5 Å². The van der Waals surface area contributed by atoms with Gasteiger partial charge in [-0.05, 0) is 23.1 Å². The molecule has 0 amide bonds. The van der Waals surface area contributed by atoms with E-state index < -0.39 is 0 Å². The Labute approximate surface area is 131 Å². The molecule has 0 fully saturated rings. The molecular weight excluding hydrogens is 293 g/mol. The zero-order valence-corrected chi connectivity index (χ0v) is 13.4. The third-order valence-corrected chi connectivity index (χ3v) is 3.43. The Hall–Kier alpha value is -1.25. The molecule has 0 unspecified atom stereocenters. The number of halogens is 2. The first-order valence-corrected chi connectivity index (χ1v) is 6.71. The second-order valence-electron chi connectivity index (χ2n) is 5.76. The number of rotatable bonds is 2. The minimum Gasteiger partial charge on any atom is -1.00 e. The van der Waals surface area contributed by atoms with Gasteiger partial charge in [-0.3, -0.25) is 0 Å². The predicted molar refractivity (Wildman–Crippen MR) is 77.6 cm³/mol. The van der Waals surface area contributed by atoms with Crippen molar-refractivity contribution < 1.29 is 22.1 Å². The van der Waals surface area contributed by atoms with Crippen molar-refractivity contribution >= 4 is 11.6 Å².